The lowest BCUT2D eigenvalue weighted by Crippen LogP contribution is -2.03. The Morgan fingerprint density at radius 2 is 2.00 bits per heavy atom. The van der Waals surface area contributed by atoms with Gasteiger partial charge in [-0.1, -0.05) is 6.42 Å². The van der Waals surface area contributed by atoms with Crippen molar-refractivity contribution in [2.75, 3.05) is 0 Å². The van der Waals surface area contributed by atoms with Gasteiger partial charge in [-0.3, -0.25) is 4.79 Å². The average molecular weight is 276 g/mol. The number of halogens is 2. The number of carbonyl (C=O) groups is 1. The lowest BCUT2D eigenvalue weighted by atomic mass is 10.1. The third-order valence-electron chi connectivity index (χ3n) is 3.69. The predicted octanol–water partition coefficient (Wildman–Crippen LogP) is 3.37. The van der Waals surface area contributed by atoms with E-state index in [0.29, 0.717) is 17.1 Å². The number of hydrogen-bond donors (Lipinski definition) is 0. The van der Waals surface area contributed by atoms with Crippen LogP contribution in [0.2, 0.25) is 0 Å². The van der Waals surface area contributed by atoms with Crippen molar-refractivity contribution < 1.29 is 13.6 Å². The van der Waals surface area contributed by atoms with Crippen LogP contribution in [0.3, 0.4) is 0 Å². The summed E-state index contributed by atoms with van der Waals surface area (Å²) in [7, 11) is 0. The highest BCUT2D eigenvalue weighted by Gasteiger charge is 2.20. The summed E-state index contributed by atoms with van der Waals surface area (Å²) in [6.45, 7) is 0.754. The van der Waals surface area contributed by atoms with Crippen LogP contribution in [0.25, 0.3) is 11.4 Å². The van der Waals surface area contributed by atoms with Crippen LogP contribution in [0, 0.1) is 11.6 Å². The minimum atomic E-state index is -0.902. The van der Waals surface area contributed by atoms with Crippen LogP contribution in [0.15, 0.2) is 18.2 Å². The van der Waals surface area contributed by atoms with Gasteiger partial charge in [-0.2, -0.15) is 0 Å². The first-order valence-electron chi connectivity index (χ1n) is 6.70. The number of rotatable bonds is 2. The number of benzene rings is 1. The quantitative estimate of drug-likeness (QED) is 0.788. The largest absolute Gasteiger partial charge is 0.327 e. The summed E-state index contributed by atoms with van der Waals surface area (Å²) in [6, 6.07) is 3.71. The number of aromatic nitrogens is 2. The van der Waals surface area contributed by atoms with Gasteiger partial charge in [-0.25, -0.2) is 13.8 Å². The second-order valence-corrected chi connectivity index (χ2v) is 4.98. The maximum Gasteiger partial charge on any atom is 0.170 e. The van der Waals surface area contributed by atoms with Crippen molar-refractivity contribution in [3.63, 3.8) is 0 Å². The molecule has 1 aliphatic rings. The number of imidazole rings is 1. The highest BCUT2D eigenvalue weighted by molar-refractivity contribution is 5.76. The second-order valence-electron chi connectivity index (χ2n) is 4.98. The Kier molecular flexibility index (Phi) is 3.34. The van der Waals surface area contributed by atoms with Crippen LogP contribution in [0.5, 0.6) is 0 Å². The first-order chi connectivity index (χ1) is 9.70. The summed E-state index contributed by atoms with van der Waals surface area (Å²) in [4.78, 5) is 15.4. The molecule has 0 saturated heterocycles. The van der Waals surface area contributed by atoms with E-state index in [1.165, 1.54) is 6.07 Å². The molecule has 1 aromatic heterocycles. The van der Waals surface area contributed by atoms with E-state index in [9.17, 15) is 13.6 Å². The molecule has 1 aliphatic heterocycles. The fourth-order valence-corrected chi connectivity index (χ4v) is 2.70. The SMILES string of the molecule is O=Cc1nc(-c2ccc(F)c(F)c2)n2c1CCCCC2. The van der Waals surface area contributed by atoms with Crippen molar-refractivity contribution in [1.82, 2.24) is 9.55 Å². The maximum atomic E-state index is 13.4. The van der Waals surface area contributed by atoms with Crippen molar-refractivity contribution in [2.45, 2.75) is 32.2 Å². The van der Waals surface area contributed by atoms with E-state index in [1.54, 1.807) is 0 Å². The lowest BCUT2D eigenvalue weighted by molar-refractivity contribution is 0.111. The Morgan fingerprint density at radius 1 is 1.15 bits per heavy atom. The monoisotopic (exact) mass is 276 g/mol. The molecule has 0 fully saturated rings. The van der Waals surface area contributed by atoms with Crippen LogP contribution in [0.1, 0.15) is 35.4 Å². The van der Waals surface area contributed by atoms with Crippen molar-refractivity contribution in [3.8, 4) is 11.4 Å². The third kappa shape index (κ3) is 2.13. The van der Waals surface area contributed by atoms with E-state index in [2.05, 4.69) is 4.98 Å². The van der Waals surface area contributed by atoms with E-state index in [0.717, 1.165) is 56.3 Å². The van der Waals surface area contributed by atoms with Gasteiger partial charge in [0, 0.05) is 17.8 Å². The molecule has 2 aromatic rings. The molecule has 0 bridgehead atoms. The van der Waals surface area contributed by atoms with Crippen LogP contribution >= 0.6 is 0 Å². The molecule has 20 heavy (non-hydrogen) atoms. The van der Waals surface area contributed by atoms with E-state index in [1.807, 2.05) is 4.57 Å². The van der Waals surface area contributed by atoms with Gasteiger partial charge in [0.2, 0.25) is 0 Å². The Hall–Kier alpha value is -2.04. The fraction of sp³-hybridized carbons (Fsp3) is 0.333. The topological polar surface area (TPSA) is 34.9 Å². The normalized spacial score (nSPS) is 14.7. The molecular formula is C15H14F2N2O. The Labute approximate surface area is 115 Å². The van der Waals surface area contributed by atoms with Gasteiger partial charge in [0.1, 0.15) is 11.5 Å². The second kappa shape index (κ2) is 5.15. The Balaban J connectivity index is 2.15. The number of hydrogen-bond acceptors (Lipinski definition) is 2. The van der Waals surface area contributed by atoms with Crippen molar-refractivity contribution in [1.29, 1.82) is 0 Å². The summed E-state index contributed by atoms with van der Waals surface area (Å²) in [5, 5.41) is 0. The molecule has 0 atom stereocenters. The summed E-state index contributed by atoms with van der Waals surface area (Å²) >= 11 is 0. The number of nitrogens with zero attached hydrogens (tertiary/aromatic N) is 2. The van der Waals surface area contributed by atoms with Crippen molar-refractivity contribution in [2.24, 2.45) is 0 Å². The van der Waals surface area contributed by atoms with Crippen LogP contribution in [-0.4, -0.2) is 15.8 Å². The van der Waals surface area contributed by atoms with Gasteiger partial charge >= 0.3 is 0 Å². The zero-order chi connectivity index (χ0) is 14.1. The van der Waals surface area contributed by atoms with Gasteiger partial charge in [0.25, 0.3) is 0 Å². The standard InChI is InChI=1S/C15H14F2N2O/c16-11-6-5-10(8-12(11)17)15-18-13(9-20)14-4-2-1-3-7-19(14)15/h5-6,8-9H,1-4,7H2. The molecule has 0 saturated carbocycles. The molecule has 0 radical (unpaired) electrons. The molecule has 0 aliphatic carbocycles. The van der Waals surface area contributed by atoms with Crippen molar-refractivity contribution in [3.05, 3.63) is 41.2 Å². The zero-order valence-electron chi connectivity index (χ0n) is 10.9. The fourth-order valence-electron chi connectivity index (χ4n) is 2.70. The molecule has 0 unspecified atom stereocenters. The first kappa shape index (κ1) is 13.0. The summed E-state index contributed by atoms with van der Waals surface area (Å²) in [5.41, 5.74) is 1.81. The summed E-state index contributed by atoms with van der Waals surface area (Å²) in [5.74, 6) is -1.24. The molecule has 0 amide bonds. The van der Waals surface area contributed by atoms with E-state index in [-0.39, 0.29) is 0 Å². The number of carbonyl (C=O) groups excluding carboxylic acids is 1. The van der Waals surface area contributed by atoms with Crippen LogP contribution in [-0.2, 0) is 13.0 Å². The van der Waals surface area contributed by atoms with Gasteiger partial charge < -0.3 is 4.57 Å². The number of aldehydes is 1. The molecule has 1 aromatic carbocycles. The minimum Gasteiger partial charge on any atom is -0.327 e. The summed E-state index contributed by atoms with van der Waals surface area (Å²) < 4.78 is 28.4. The van der Waals surface area contributed by atoms with Gasteiger partial charge in [0.15, 0.2) is 17.9 Å². The molecule has 0 N–H and O–H groups in total. The Bertz CT molecular complexity index is 664. The molecule has 2 heterocycles. The number of fused-ring (bicyclic) bond motifs is 1. The maximum absolute atomic E-state index is 13.4. The van der Waals surface area contributed by atoms with Gasteiger partial charge in [0.05, 0.1) is 0 Å². The van der Waals surface area contributed by atoms with Crippen LogP contribution < -0.4 is 0 Å². The predicted molar refractivity (Wildman–Crippen MR) is 70.5 cm³/mol. The highest BCUT2D eigenvalue weighted by Crippen LogP contribution is 2.27. The Morgan fingerprint density at radius 3 is 2.75 bits per heavy atom. The zero-order valence-corrected chi connectivity index (χ0v) is 10.9. The van der Waals surface area contributed by atoms with E-state index in [4.69, 9.17) is 0 Å². The van der Waals surface area contributed by atoms with Gasteiger partial charge in [-0.15, -0.1) is 0 Å². The smallest absolute Gasteiger partial charge is 0.170 e. The average Bonchev–Trinajstić information content (AvgIpc) is 2.63. The minimum absolute atomic E-state index is 0.409. The van der Waals surface area contributed by atoms with E-state index < -0.39 is 11.6 Å². The molecule has 3 rings (SSSR count). The molecule has 0 spiro atoms. The lowest BCUT2D eigenvalue weighted by Gasteiger charge is -2.08. The van der Waals surface area contributed by atoms with Crippen LogP contribution in [0.4, 0.5) is 8.78 Å². The van der Waals surface area contributed by atoms with E-state index >= 15 is 0 Å². The molecular weight excluding hydrogens is 262 g/mol. The summed E-state index contributed by atoms with van der Waals surface area (Å²) in [6.07, 6.45) is 4.64. The first-order valence-corrected chi connectivity index (χ1v) is 6.70. The molecule has 3 nitrogen and oxygen atoms in total. The third-order valence-corrected chi connectivity index (χ3v) is 3.69. The molecule has 104 valence electrons. The molecule has 5 heteroatoms. The highest BCUT2D eigenvalue weighted by atomic mass is 19.2. The van der Waals surface area contributed by atoms with Gasteiger partial charge in [-0.05, 0) is 37.5 Å². The van der Waals surface area contributed by atoms with Crippen molar-refractivity contribution >= 4 is 6.29 Å².